The zero-order valence-electron chi connectivity index (χ0n) is 31.3. The minimum absolute atomic E-state index is 0.242. The molecular formula is C47H48O6. The average molecular weight is 709 g/mol. The molecule has 0 radical (unpaired) electrons. The van der Waals surface area contributed by atoms with Crippen LogP contribution >= 0.6 is 0 Å². The molecule has 0 saturated carbocycles. The number of benzene rings is 6. The summed E-state index contributed by atoms with van der Waals surface area (Å²) in [6, 6.07) is 26.9. The Morgan fingerprint density at radius 3 is 0.811 bits per heavy atom. The third-order valence-electron chi connectivity index (χ3n) is 10.3. The quantitative estimate of drug-likeness (QED) is 0.0843. The van der Waals surface area contributed by atoms with Crippen LogP contribution in [0.3, 0.4) is 0 Å². The van der Waals surface area contributed by atoms with Crippen molar-refractivity contribution in [1.82, 2.24) is 0 Å². The van der Waals surface area contributed by atoms with Gasteiger partial charge in [0, 0.05) is 25.7 Å². The van der Waals surface area contributed by atoms with Crippen LogP contribution in [0.4, 0.5) is 0 Å². The second-order valence-corrected chi connectivity index (χ2v) is 14.8. The molecule has 0 spiro atoms. The number of hydrogen-bond donors (Lipinski definition) is 6. The fraction of sp³-hybridized carbons (Fsp3) is 0.234. The lowest BCUT2D eigenvalue weighted by Gasteiger charge is -2.16. The molecule has 0 amide bonds. The van der Waals surface area contributed by atoms with Crippen molar-refractivity contribution in [2.75, 3.05) is 0 Å². The Labute approximate surface area is 311 Å². The summed E-state index contributed by atoms with van der Waals surface area (Å²) in [7, 11) is 0. The van der Waals surface area contributed by atoms with Crippen LogP contribution < -0.4 is 0 Å². The molecule has 272 valence electrons. The molecule has 0 fully saturated rings. The maximum absolute atomic E-state index is 11.2. The summed E-state index contributed by atoms with van der Waals surface area (Å²) in [5, 5.41) is 64.1. The van der Waals surface area contributed by atoms with Crippen LogP contribution in [0.25, 0.3) is 0 Å². The van der Waals surface area contributed by atoms with Crippen molar-refractivity contribution in [2.24, 2.45) is 0 Å². The van der Waals surface area contributed by atoms with Gasteiger partial charge in [0.2, 0.25) is 0 Å². The van der Waals surface area contributed by atoms with E-state index in [2.05, 4.69) is 0 Å². The molecule has 0 aliphatic heterocycles. The van der Waals surface area contributed by atoms with Gasteiger partial charge in [-0.05, 0) is 149 Å². The molecule has 0 bridgehead atoms. The summed E-state index contributed by atoms with van der Waals surface area (Å²) in [6.45, 7) is 11.3. The van der Waals surface area contributed by atoms with Crippen molar-refractivity contribution in [3.63, 3.8) is 0 Å². The van der Waals surface area contributed by atoms with Gasteiger partial charge in [0.25, 0.3) is 0 Å². The molecule has 6 nitrogen and oxygen atoms in total. The molecule has 0 aliphatic carbocycles. The van der Waals surface area contributed by atoms with E-state index in [1.807, 2.05) is 114 Å². The van der Waals surface area contributed by atoms with E-state index in [1.54, 1.807) is 12.1 Å². The van der Waals surface area contributed by atoms with Crippen LogP contribution in [-0.4, -0.2) is 30.6 Å². The molecular weight excluding hydrogens is 661 g/mol. The van der Waals surface area contributed by atoms with E-state index in [-0.39, 0.29) is 34.5 Å². The third-order valence-corrected chi connectivity index (χ3v) is 10.3. The Balaban J connectivity index is 1.25. The molecule has 0 atom stereocenters. The number of rotatable bonds is 10. The highest BCUT2D eigenvalue weighted by Crippen LogP contribution is 2.35. The molecule has 6 rings (SSSR count). The van der Waals surface area contributed by atoms with Gasteiger partial charge in [-0.25, -0.2) is 0 Å². The Morgan fingerprint density at radius 2 is 0.528 bits per heavy atom. The lowest BCUT2D eigenvalue weighted by molar-refractivity contribution is 0.463. The van der Waals surface area contributed by atoms with Crippen molar-refractivity contribution >= 4 is 0 Å². The summed E-state index contributed by atoms with van der Waals surface area (Å²) >= 11 is 0. The maximum atomic E-state index is 11.2. The number of aryl methyl sites for hydroxylation is 6. The highest BCUT2D eigenvalue weighted by Gasteiger charge is 2.16. The van der Waals surface area contributed by atoms with E-state index >= 15 is 0 Å². The van der Waals surface area contributed by atoms with Gasteiger partial charge in [-0.3, -0.25) is 0 Å². The third kappa shape index (κ3) is 8.28. The lowest BCUT2D eigenvalue weighted by atomic mass is 9.91. The largest absolute Gasteiger partial charge is 0.508 e. The molecule has 6 aromatic carbocycles. The van der Waals surface area contributed by atoms with Crippen molar-refractivity contribution in [3.8, 4) is 34.5 Å². The molecule has 0 saturated heterocycles. The SMILES string of the molecule is Cc1cc(Cc2cc(Cc3cc(Cc4cc(C)c(O)c(Cc5cc(C)c(O)c(Cc6ccc(O)c(C)c6)c5)c4)cc(C)c3O)cc(C)c2O)ccc1O. The first-order chi connectivity index (χ1) is 25.1. The normalized spacial score (nSPS) is 11.3. The molecule has 0 aliphatic rings. The standard InChI is InChI=1S/C47H48O6/c1-26-11-32(7-9-42(26)48)18-38-22-36(15-30(5)44(38)50)24-40-20-34(13-28(3)46(40)52)17-35-14-29(4)47(53)41(21-35)25-37-16-31(6)45(51)39(23-37)19-33-8-10-43(49)27(2)12-33/h7-16,20-23,48-53H,17-19,24-25H2,1-6H3. The monoisotopic (exact) mass is 708 g/mol. The second-order valence-electron chi connectivity index (χ2n) is 14.8. The van der Waals surface area contributed by atoms with Gasteiger partial charge >= 0.3 is 0 Å². The Bertz CT molecular complexity index is 2190. The highest BCUT2D eigenvalue weighted by atomic mass is 16.3. The zero-order chi connectivity index (χ0) is 38.1. The highest BCUT2D eigenvalue weighted by molar-refractivity contribution is 5.53. The average Bonchev–Trinajstić information content (AvgIpc) is 3.09. The topological polar surface area (TPSA) is 121 Å². The predicted octanol–water partition coefficient (Wildman–Crippen LogP) is 9.72. The fourth-order valence-electron chi connectivity index (χ4n) is 7.45. The van der Waals surface area contributed by atoms with Gasteiger partial charge < -0.3 is 30.6 Å². The van der Waals surface area contributed by atoms with E-state index in [1.165, 1.54) is 0 Å². The first-order valence-electron chi connectivity index (χ1n) is 18.0. The van der Waals surface area contributed by atoms with Crippen molar-refractivity contribution in [2.45, 2.75) is 73.6 Å². The van der Waals surface area contributed by atoms with Crippen LogP contribution in [0.15, 0.2) is 84.9 Å². The van der Waals surface area contributed by atoms with Crippen molar-refractivity contribution < 1.29 is 30.6 Å². The van der Waals surface area contributed by atoms with Crippen LogP contribution in [0.5, 0.6) is 34.5 Å². The summed E-state index contributed by atoms with van der Waals surface area (Å²) in [4.78, 5) is 0. The molecule has 53 heavy (non-hydrogen) atoms. The zero-order valence-corrected chi connectivity index (χ0v) is 31.3. The smallest absolute Gasteiger partial charge is 0.122 e. The van der Waals surface area contributed by atoms with E-state index in [9.17, 15) is 30.6 Å². The molecule has 6 heteroatoms. The van der Waals surface area contributed by atoms with E-state index < -0.39 is 0 Å². The second kappa shape index (κ2) is 15.0. The summed E-state index contributed by atoms with van der Waals surface area (Å²) < 4.78 is 0. The van der Waals surface area contributed by atoms with Crippen LogP contribution in [0, 0.1) is 41.5 Å². The number of phenols is 6. The maximum Gasteiger partial charge on any atom is 0.122 e. The number of hydrogen-bond acceptors (Lipinski definition) is 6. The molecule has 0 aromatic heterocycles. The molecule has 6 aromatic rings. The Kier molecular flexibility index (Phi) is 10.4. The molecule has 0 heterocycles. The van der Waals surface area contributed by atoms with Crippen molar-refractivity contribution in [3.05, 3.63) is 174 Å². The van der Waals surface area contributed by atoms with E-state index in [0.717, 1.165) is 89.0 Å². The van der Waals surface area contributed by atoms with Gasteiger partial charge in [-0.2, -0.15) is 0 Å². The first-order valence-corrected chi connectivity index (χ1v) is 18.0. The predicted molar refractivity (Wildman–Crippen MR) is 211 cm³/mol. The van der Waals surface area contributed by atoms with Gasteiger partial charge in [-0.1, -0.05) is 72.8 Å². The van der Waals surface area contributed by atoms with Gasteiger partial charge in [-0.15, -0.1) is 0 Å². The Hall–Kier alpha value is -5.88. The summed E-state index contributed by atoms with van der Waals surface area (Å²) in [5.74, 6) is 1.48. The van der Waals surface area contributed by atoms with Gasteiger partial charge in [0.15, 0.2) is 0 Å². The fourth-order valence-corrected chi connectivity index (χ4v) is 7.45. The van der Waals surface area contributed by atoms with Crippen LogP contribution in [0.2, 0.25) is 0 Å². The van der Waals surface area contributed by atoms with Crippen molar-refractivity contribution in [1.29, 1.82) is 0 Å². The number of phenolic OH excluding ortho intramolecular Hbond substituents is 6. The minimum Gasteiger partial charge on any atom is -0.508 e. The van der Waals surface area contributed by atoms with Crippen LogP contribution in [-0.2, 0) is 32.1 Å². The molecule has 6 N–H and O–H groups in total. The summed E-state index contributed by atoms with van der Waals surface area (Å²) in [6.07, 6.45) is 2.59. The van der Waals surface area contributed by atoms with E-state index in [4.69, 9.17) is 0 Å². The van der Waals surface area contributed by atoms with Gasteiger partial charge in [0.05, 0.1) is 0 Å². The first kappa shape index (κ1) is 36.9. The van der Waals surface area contributed by atoms with Crippen LogP contribution in [0.1, 0.15) is 89.0 Å². The number of aromatic hydroxyl groups is 6. The van der Waals surface area contributed by atoms with Gasteiger partial charge in [0.1, 0.15) is 34.5 Å². The lowest BCUT2D eigenvalue weighted by Crippen LogP contribution is -2.00. The molecule has 0 unspecified atom stereocenters. The summed E-state index contributed by atoms with van der Waals surface area (Å²) in [5.41, 5.74) is 13.8. The van der Waals surface area contributed by atoms with E-state index in [0.29, 0.717) is 32.1 Å². The Morgan fingerprint density at radius 1 is 0.283 bits per heavy atom. The minimum atomic E-state index is 0.242.